The number of hydrogen-bond donors (Lipinski definition) is 3. The van der Waals surface area contributed by atoms with Crippen molar-refractivity contribution in [2.75, 3.05) is 20.6 Å². The minimum atomic E-state index is -1.02. The van der Waals surface area contributed by atoms with Gasteiger partial charge in [-0.15, -0.1) is 0 Å². The number of hydrogen-bond acceptors (Lipinski definition) is 3. The largest absolute Gasteiger partial charge is 0.354 e. The van der Waals surface area contributed by atoms with Crippen LogP contribution in [0.2, 0.25) is 0 Å². The van der Waals surface area contributed by atoms with Crippen LogP contribution in [0.15, 0.2) is 54.6 Å². The van der Waals surface area contributed by atoms with Crippen molar-refractivity contribution in [1.29, 1.82) is 0 Å². The molecule has 1 aliphatic rings. The van der Waals surface area contributed by atoms with E-state index in [0.717, 1.165) is 36.8 Å². The molecule has 2 aromatic rings. The van der Waals surface area contributed by atoms with Crippen LogP contribution in [-0.4, -0.2) is 48.9 Å². The molecule has 3 rings (SSSR count). The van der Waals surface area contributed by atoms with Gasteiger partial charge in [-0.2, -0.15) is 0 Å². The van der Waals surface area contributed by atoms with E-state index >= 15 is 0 Å². The highest BCUT2D eigenvalue weighted by Crippen LogP contribution is 2.30. The first-order valence-electron chi connectivity index (χ1n) is 12.1. The Kier molecular flexibility index (Phi) is 8.68. The first-order valence-corrected chi connectivity index (χ1v) is 12.1. The first kappa shape index (κ1) is 25.3. The molecule has 0 aromatic heterocycles. The van der Waals surface area contributed by atoms with Crippen LogP contribution in [0.3, 0.4) is 0 Å². The Balaban J connectivity index is 1.87. The number of urea groups is 1. The molecule has 0 aliphatic heterocycles. The molecule has 0 heterocycles. The third kappa shape index (κ3) is 6.16. The summed E-state index contributed by atoms with van der Waals surface area (Å²) < 4.78 is 0. The van der Waals surface area contributed by atoms with E-state index in [0.29, 0.717) is 24.9 Å². The van der Waals surface area contributed by atoms with E-state index in [-0.39, 0.29) is 17.8 Å². The lowest BCUT2D eigenvalue weighted by atomic mass is 9.80. The van der Waals surface area contributed by atoms with E-state index in [2.05, 4.69) is 16.0 Å². The van der Waals surface area contributed by atoms with Gasteiger partial charge in [-0.1, -0.05) is 80.8 Å². The normalized spacial score (nSPS) is 15.6. The highest BCUT2D eigenvalue weighted by atomic mass is 16.2. The fraction of sp³-hybridized carbons (Fsp3) is 0.444. The van der Waals surface area contributed by atoms with E-state index in [4.69, 9.17) is 0 Å². The number of nitrogens with zero attached hydrogens (tertiary/aromatic N) is 1. The average Bonchev–Trinajstić information content (AvgIpc) is 2.86. The smallest absolute Gasteiger partial charge is 0.317 e. The summed E-state index contributed by atoms with van der Waals surface area (Å²) in [5.41, 5.74) is 1.79. The maximum Gasteiger partial charge on any atom is 0.317 e. The summed E-state index contributed by atoms with van der Waals surface area (Å²) in [6.45, 7) is 2.51. The maximum atomic E-state index is 13.6. The van der Waals surface area contributed by atoms with Crippen molar-refractivity contribution < 1.29 is 14.4 Å². The predicted molar refractivity (Wildman–Crippen MR) is 134 cm³/mol. The Morgan fingerprint density at radius 1 is 0.912 bits per heavy atom. The van der Waals surface area contributed by atoms with Crippen LogP contribution in [0.4, 0.5) is 4.79 Å². The van der Waals surface area contributed by atoms with Crippen LogP contribution >= 0.6 is 0 Å². The van der Waals surface area contributed by atoms with E-state index in [1.807, 2.05) is 61.5 Å². The van der Waals surface area contributed by atoms with E-state index in [1.54, 1.807) is 14.1 Å². The van der Waals surface area contributed by atoms with Gasteiger partial charge in [-0.25, -0.2) is 4.79 Å². The monoisotopic (exact) mass is 464 g/mol. The number of benzene rings is 2. The van der Waals surface area contributed by atoms with E-state index in [1.165, 1.54) is 4.90 Å². The molecule has 7 heteroatoms. The minimum Gasteiger partial charge on any atom is -0.354 e. The summed E-state index contributed by atoms with van der Waals surface area (Å²) in [5, 5.41) is 8.82. The van der Waals surface area contributed by atoms with Gasteiger partial charge in [0.25, 0.3) is 0 Å². The molecule has 1 unspecified atom stereocenters. The van der Waals surface area contributed by atoms with Gasteiger partial charge in [0.15, 0.2) is 0 Å². The Bertz CT molecular complexity index is 967. The number of carbonyl (C=O) groups is 3. The number of rotatable bonds is 8. The number of amides is 4. The van der Waals surface area contributed by atoms with E-state index in [9.17, 15) is 14.4 Å². The summed E-state index contributed by atoms with van der Waals surface area (Å²) in [4.78, 5) is 40.6. The lowest BCUT2D eigenvalue weighted by Crippen LogP contribution is -2.62. The van der Waals surface area contributed by atoms with Crippen molar-refractivity contribution >= 4 is 17.8 Å². The molecule has 1 aliphatic carbocycles. The second kappa shape index (κ2) is 11.7. The standard InChI is InChI=1S/C27H36N4O3/c1-4-19-28-24(32)23(22-15-13-21(14-16-22)20-11-7-5-8-12-20)29-25(33)27(17-9-6-10-18-27)30-26(34)31(2)3/h5,7-8,11-16,23H,4,6,9-10,17-19H2,1-3H3,(H,28,32)(H,29,33)(H,30,34). The molecule has 1 saturated carbocycles. The lowest BCUT2D eigenvalue weighted by molar-refractivity contribution is -0.133. The van der Waals surface area contributed by atoms with Gasteiger partial charge in [0.05, 0.1) is 0 Å². The summed E-state index contributed by atoms with van der Waals surface area (Å²) in [6.07, 6.45) is 4.61. The lowest BCUT2D eigenvalue weighted by Gasteiger charge is -2.38. The van der Waals surface area contributed by atoms with Gasteiger partial charge in [0.1, 0.15) is 11.6 Å². The molecule has 34 heavy (non-hydrogen) atoms. The molecule has 1 fully saturated rings. The zero-order valence-electron chi connectivity index (χ0n) is 20.4. The molecule has 0 saturated heterocycles. The molecule has 1 atom stereocenters. The van der Waals surface area contributed by atoms with Gasteiger partial charge in [-0.3, -0.25) is 9.59 Å². The fourth-order valence-corrected chi connectivity index (χ4v) is 4.30. The van der Waals surface area contributed by atoms with Gasteiger partial charge in [0, 0.05) is 20.6 Å². The molecule has 182 valence electrons. The SMILES string of the molecule is CCCNC(=O)C(NC(=O)C1(NC(=O)N(C)C)CCCCC1)c1ccc(-c2ccccc2)cc1. The van der Waals surface area contributed by atoms with Gasteiger partial charge in [-0.05, 0) is 36.0 Å². The molecular formula is C27H36N4O3. The van der Waals surface area contributed by atoms with E-state index < -0.39 is 11.6 Å². The molecule has 0 spiro atoms. The van der Waals surface area contributed by atoms with Crippen LogP contribution in [0.1, 0.15) is 57.1 Å². The van der Waals surface area contributed by atoms with Gasteiger partial charge in [0.2, 0.25) is 11.8 Å². The van der Waals surface area contributed by atoms with Crippen molar-refractivity contribution in [2.45, 2.75) is 57.0 Å². The first-order chi connectivity index (χ1) is 16.4. The van der Waals surface area contributed by atoms with Crippen LogP contribution in [-0.2, 0) is 9.59 Å². The zero-order valence-corrected chi connectivity index (χ0v) is 20.4. The summed E-state index contributed by atoms with van der Waals surface area (Å²) in [7, 11) is 3.30. The Morgan fingerprint density at radius 3 is 2.12 bits per heavy atom. The Hall–Kier alpha value is -3.35. The Morgan fingerprint density at radius 2 is 1.53 bits per heavy atom. The molecule has 2 aromatic carbocycles. The minimum absolute atomic E-state index is 0.257. The van der Waals surface area contributed by atoms with Crippen molar-refractivity contribution in [3.63, 3.8) is 0 Å². The molecule has 3 N–H and O–H groups in total. The second-order valence-corrected chi connectivity index (χ2v) is 9.15. The van der Waals surface area contributed by atoms with Crippen molar-refractivity contribution in [1.82, 2.24) is 20.9 Å². The van der Waals surface area contributed by atoms with Crippen molar-refractivity contribution in [3.05, 3.63) is 60.2 Å². The topological polar surface area (TPSA) is 90.5 Å². The molecule has 7 nitrogen and oxygen atoms in total. The Labute approximate surface area is 202 Å². The van der Waals surface area contributed by atoms with Gasteiger partial charge >= 0.3 is 6.03 Å². The van der Waals surface area contributed by atoms with Gasteiger partial charge < -0.3 is 20.9 Å². The van der Waals surface area contributed by atoms with Crippen LogP contribution in [0.5, 0.6) is 0 Å². The molecule has 4 amide bonds. The fourth-order valence-electron chi connectivity index (χ4n) is 4.30. The summed E-state index contributed by atoms with van der Waals surface area (Å²) in [5.74, 6) is -0.571. The summed E-state index contributed by atoms with van der Waals surface area (Å²) in [6, 6.07) is 16.5. The predicted octanol–water partition coefficient (Wildman–Crippen LogP) is 4.01. The third-order valence-electron chi connectivity index (χ3n) is 6.33. The molecular weight excluding hydrogens is 428 g/mol. The van der Waals surface area contributed by atoms with Crippen LogP contribution in [0.25, 0.3) is 11.1 Å². The highest BCUT2D eigenvalue weighted by molar-refractivity contribution is 5.95. The average molecular weight is 465 g/mol. The quantitative estimate of drug-likeness (QED) is 0.551. The van der Waals surface area contributed by atoms with Crippen molar-refractivity contribution in [3.8, 4) is 11.1 Å². The van der Waals surface area contributed by atoms with Crippen LogP contribution in [0, 0.1) is 0 Å². The molecule has 0 bridgehead atoms. The third-order valence-corrected chi connectivity index (χ3v) is 6.33. The highest BCUT2D eigenvalue weighted by Gasteiger charge is 2.42. The maximum absolute atomic E-state index is 13.6. The zero-order chi connectivity index (χ0) is 24.6. The van der Waals surface area contributed by atoms with Crippen LogP contribution < -0.4 is 16.0 Å². The van der Waals surface area contributed by atoms with Crippen molar-refractivity contribution in [2.24, 2.45) is 0 Å². The summed E-state index contributed by atoms with van der Waals surface area (Å²) >= 11 is 0. The molecule has 0 radical (unpaired) electrons. The number of nitrogens with one attached hydrogen (secondary N) is 3. The second-order valence-electron chi connectivity index (χ2n) is 9.15. The number of carbonyl (C=O) groups excluding carboxylic acids is 3.